The molecule has 2 rings (SSSR count). The maximum absolute atomic E-state index is 11.6. The van der Waals surface area contributed by atoms with Crippen molar-refractivity contribution in [2.45, 2.75) is 38.1 Å². The second-order valence-electron chi connectivity index (χ2n) is 4.00. The number of aryl methyl sites for hydroxylation is 1. The summed E-state index contributed by atoms with van der Waals surface area (Å²) in [6.07, 6.45) is 3.59. The summed E-state index contributed by atoms with van der Waals surface area (Å²) in [5.74, 6) is -0.0973. The van der Waals surface area contributed by atoms with Gasteiger partial charge >= 0.3 is 0 Å². The van der Waals surface area contributed by atoms with Crippen molar-refractivity contribution in [3.63, 3.8) is 0 Å². The van der Waals surface area contributed by atoms with Crippen LogP contribution in [0.2, 0.25) is 0 Å². The molecule has 1 heterocycles. The van der Waals surface area contributed by atoms with Crippen LogP contribution in [0.15, 0.2) is 5.38 Å². The summed E-state index contributed by atoms with van der Waals surface area (Å²) in [4.78, 5) is 15.9. The van der Waals surface area contributed by atoms with Crippen LogP contribution in [0.4, 0.5) is 5.13 Å². The Kier molecular flexibility index (Phi) is 4.29. The van der Waals surface area contributed by atoms with E-state index in [4.69, 9.17) is 5.73 Å². The Morgan fingerprint density at radius 1 is 1.69 bits per heavy atom. The zero-order chi connectivity index (χ0) is 10.9. The predicted molar refractivity (Wildman–Crippen MR) is 68.1 cm³/mol. The van der Waals surface area contributed by atoms with Gasteiger partial charge in [0.2, 0.25) is 5.91 Å². The number of hydrogen-bond donors (Lipinski definition) is 2. The van der Waals surface area contributed by atoms with Crippen molar-refractivity contribution in [3.8, 4) is 0 Å². The molecule has 1 aliphatic rings. The van der Waals surface area contributed by atoms with Crippen LogP contribution in [0.3, 0.4) is 0 Å². The number of nitrogens with two attached hydrogens (primary N) is 1. The molecule has 1 aromatic rings. The van der Waals surface area contributed by atoms with E-state index in [-0.39, 0.29) is 18.3 Å². The van der Waals surface area contributed by atoms with Crippen LogP contribution in [0.1, 0.15) is 31.9 Å². The fraction of sp³-hybridized carbons (Fsp3) is 0.600. The van der Waals surface area contributed by atoms with Crippen LogP contribution in [0.5, 0.6) is 0 Å². The minimum Gasteiger partial charge on any atom is -0.317 e. The number of anilines is 1. The first-order valence-corrected chi connectivity index (χ1v) is 6.07. The maximum atomic E-state index is 11.6. The van der Waals surface area contributed by atoms with Crippen molar-refractivity contribution in [2.75, 3.05) is 5.32 Å². The lowest BCUT2D eigenvalue weighted by Gasteiger charge is -2.06. The van der Waals surface area contributed by atoms with E-state index in [0.29, 0.717) is 5.13 Å². The number of thiazole rings is 1. The fourth-order valence-electron chi connectivity index (χ4n) is 1.32. The first-order valence-electron chi connectivity index (χ1n) is 5.19. The average Bonchev–Trinajstić information content (AvgIpc) is 2.79. The second kappa shape index (κ2) is 5.12. The van der Waals surface area contributed by atoms with Gasteiger partial charge in [0.15, 0.2) is 5.13 Å². The Labute approximate surface area is 105 Å². The molecule has 1 fully saturated rings. The van der Waals surface area contributed by atoms with Crippen LogP contribution < -0.4 is 11.1 Å². The van der Waals surface area contributed by atoms with Crippen LogP contribution in [-0.4, -0.2) is 16.4 Å². The van der Waals surface area contributed by atoms with Gasteiger partial charge in [0, 0.05) is 5.38 Å². The van der Waals surface area contributed by atoms with E-state index >= 15 is 0 Å². The van der Waals surface area contributed by atoms with Crippen molar-refractivity contribution < 1.29 is 4.79 Å². The van der Waals surface area contributed by atoms with E-state index in [9.17, 15) is 4.79 Å². The van der Waals surface area contributed by atoms with Crippen molar-refractivity contribution in [1.82, 2.24) is 4.98 Å². The number of amides is 1. The number of halogens is 1. The highest BCUT2D eigenvalue weighted by atomic mass is 35.5. The Hall–Kier alpha value is -0.650. The first kappa shape index (κ1) is 13.4. The van der Waals surface area contributed by atoms with Gasteiger partial charge in [-0.3, -0.25) is 4.79 Å². The minimum atomic E-state index is -0.614. The van der Waals surface area contributed by atoms with Crippen LogP contribution >= 0.6 is 23.7 Å². The molecule has 6 heteroatoms. The van der Waals surface area contributed by atoms with Gasteiger partial charge in [-0.05, 0) is 19.3 Å². The van der Waals surface area contributed by atoms with E-state index in [2.05, 4.69) is 17.2 Å². The number of carbonyl (C=O) groups is 1. The van der Waals surface area contributed by atoms with Crippen LogP contribution in [0, 0.1) is 0 Å². The highest BCUT2D eigenvalue weighted by Gasteiger charge is 2.46. The molecule has 4 nitrogen and oxygen atoms in total. The van der Waals surface area contributed by atoms with Crippen molar-refractivity contribution in [1.29, 1.82) is 0 Å². The van der Waals surface area contributed by atoms with Crippen molar-refractivity contribution in [2.24, 2.45) is 5.73 Å². The molecule has 90 valence electrons. The maximum Gasteiger partial charge on any atom is 0.246 e. The summed E-state index contributed by atoms with van der Waals surface area (Å²) in [7, 11) is 0. The standard InChI is InChI=1S/C10H15N3OS.ClH/c1-2-3-7-6-15-9(12-7)13-8(14)10(11)4-5-10;/h6H,2-5,11H2,1H3,(H,12,13,14);1H. The predicted octanol–water partition coefficient (Wildman–Crippen LogP) is 1.95. The molecular weight excluding hydrogens is 246 g/mol. The number of nitrogens with one attached hydrogen (secondary N) is 1. The highest BCUT2D eigenvalue weighted by molar-refractivity contribution is 7.13. The zero-order valence-corrected chi connectivity index (χ0v) is 10.8. The lowest BCUT2D eigenvalue weighted by atomic mass is 10.3. The molecule has 0 unspecified atom stereocenters. The third-order valence-corrected chi connectivity index (χ3v) is 3.33. The molecule has 0 saturated heterocycles. The molecule has 0 bridgehead atoms. The molecule has 1 amide bonds. The third-order valence-electron chi connectivity index (χ3n) is 2.52. The van der Waals surface area contributed by atoms with E-state index in [1.54, 1.807) is 0 Å². The smallest absolute Gasteiger partial charge is 0.246 e. The summed E-state index contributed by atoms with van der Waals surface area (Å²) in [5.41, 5.74) is 6.20. The molecular formula is C10H16ClN3OS. The molecule has 0 aromatic carbocycles. The Balaban J connectivity index is 0.00000128. The molecule has 0 spiro atoms. The molecule has 16 heavy (non-hydrogen) atoms. The lowest BCUT2D eigenvalue weighted by Crippen LogP contribution is -2.37. The first-order chi connectivity index (χ1) is 7.14. The minimum absolute atomic E-state index is 0. The number of aromatic nitrogens is 1. The van der Waals surface area contributed by atoms with E-state index in [1.807, 2.05) is 5.38 Å². The molecule has 0 radical (unpaired) electrons. The normalized spacial score (nSPS) is 16.4. The Morgan fingerprint density at radius 2 is 2.38 bits per heavy atom. The van der Waals surface area contributed by atoms with Gasteiger partial charge in [-0.15, -0.1) is 23.7 Å². The van der Waals surface area contributed by atoms with E-state index < -0.39 is 5.54 Å². The van der Waals surface area contributed by atoms with Gasteiger partial charge < -0.3 is 11.1 Å². The second-order valence-corrected chi connectivity index (χ2v) is 4.86. The molecule has 0 aliphatic heterocycles. The largest absolute Gasteiger partial charge is 0.317 e. The van der Waals surface area contributed by atoms with Crippen LogP contribution in [-0.2, 0) is 11.2 Å². The van der Waals surface area contributed by atoms with Gasteiger partial charge in [0.25, 0.3) is 0 Å². The lowest BCUT2D eigenvalue weighted by molar-refractivity contribution is -0.118. The molecule has 1 aromatic heterocycles. The van der Waals surface area contributed by atoms with Crippen LogP contribution in [0.25, 0.3) is 0 Å². The topological polar surface area (TPSA) is 68.0 Å². The highest BCUT2D eigenvalue weighted by Crippen LogP contribution is 2.33. The third kappa shape index (κ3) is 2.93. The zero-order valence-electron chi connectivity index (χ0n) is 9.16. The van der Waals surface area contributed by atoms with Gasteiger partial charge in [0.1, 0.15) is 0 Å². The number of nitrogens with zero attached hydrogens (tertiary/aromatic N) is 1. The van der Waals surface area contributed by atoms with Gasteiger partial charge in [0.05, 0.1) is 11.2 Å². The molecule has 3 N–H and O–H groups in total. The van der Waals surface area contributed by atoms with Gasteiger partial charge in [-0.2, -0.15) is 0 Å². The quantitative estimate of drug-likeness (QED) is 0.871. The summed E-state index contributed by atoms with van der Waals surface area (Å²) >= 11 is 1.46. The average molecular weight is 262 g/mol. The molecule has 0 atom stereocenters. The summed E-state index contributed by atoms with van der Waals surface area (Å²) in [6.45, 7) is 2.11. The number of carbonyl (C=O) groups excluding carboxylic acids is 1. The van der Waals surface area contributed by atoms with E-state index in [1.165, 1.54) is 11.3 Å². The number of rotatable bonds is 4. The summed E-state index contributed by atoms with van der Waals surface area (Å²) in [6, 6.07) is 0. The van der Waals surface area contributed by atoms with E-state index in [0.717, 1.165) is 31.4 Å². The monoisotopic (exact) mass is 261 g/mol. The number of hydrogen-bond acceptors (Lipinski definition) is 4. The van der Waals surface area contributed by atoms with Crippen molar-refractivity contribution in [3.05, 3.63) is 11.1 Å². The SMILES string of the molecule is CCCc1csc(NC(=O)C2(N)CC2)n1.Cl. The van der Waals surface area contributed by atoms with Gasteiger partial charge in [-0.1, -0.05) is 13.3 Å². The van der Waals surface area contributed by atoms with Crippen molar-refractivity contribution >= 4 is 34.8 Å². The molecule has 1 saturated carbocycles. The summed E-state index contributed by atoms with van der Waals surface area (Å²) in [5, 5.41) is 5.41. The Bertz CT molecular complexity index is 376. The van der Waals surface area contributed by atoms with Gasteiger partial charge in [-0.25, -0.2) is 4.98 Å². The Morgan fingerprint density at radius 3 is 2.94 bits per heavy atom. The summed E-state index contributed by atoms with van der Waals surface area (Å²) < 4.78 is 0. The molecule has 1 aliphatic carbocycles. The fourth-order valence-corrected chi connectivity index (χ4v) is 2.06.